The van der Waals surface area contributed by atoms with Gasteiger partial charge in [0.15, 0.2) is 0 Å². The van der Waals surface area contributed by atoms with Gasteiger partial charge in [-0.05, 0) is 55.9 Å². The molecule has 3 N–H and O–H groups in total. The van der Waals surface area contributed by atoms with Gasteiger partial charge in [-0.1, -0.05) is 18.2 Å². The Hall–Kier alpha value is -3.32. The van der Waals surface area contributed by atoms with Gasteiger partial charge in [0, 0.05) is 36.7 Å². The first-order valence-electron chi connectivity index (χ1n) is 11.0. The molecular weight excluding hydrogens is 422 g/mol. The van der Waals surface area contributed by atoms with Crippen LogP contribution in [-0.2, 0) is 0 Å². The van der Waals surface area contributed by atoms with Crippen molar-refractivity contribution in [3.8, 4) is 0 Å². The Morgan fingerprint density at radius 1 is 1.03 bits per heavy atom. The maximum Gasteiger partial charge on any atom is 0.128 e. The van der Waals surface area contributed by atoms with E-state index < -0.39 is 0 Å². The van der Waals surface area contributed by atoms with E-state index in [0.29, 0.717) is 10.7 Å². The number of hydrogen-bond donors (Lipinski definition) is 3. The number of rotatable bonds is 7. The molecule has 1 aliphatic carbocycles. The van der Waals surface area contributed by atoms with Crippen molar-refractivity contribution in [2.24, 2.45) is 0 Å². The zero-order valence-electron chi connectivity index (χ0n) is 17.9. The Morgan fingerprint density at radius 3 is 2.59 bits per heavy atom. The second-order valence-corrected chi connectivity index (χ2v) is 8.65. The summed E-state index contributed by atoms with van der Waals surface area (Å²) in [6, 6.07) is 6.03. The van der Waals surface area contributed by atoms with Crippen LogP contribution in [0, 0.1) is 0 Å². The molecule has 3 aromatic rings. The monoisotopic (exact) mass is 447 g/mol. The van der Waals surface area contributed by atoms with E-state index in [4.69, 9.17) is 11.6 Å². The molecule has 5 rings (SSSR count). The molecule has 0 aromatic carbocycles. The van der Waals surface area contributed by atoms with Crippen LogP contribution in [0.5, 0.6) is 0 Å². The number of aromatic amines is 1. The zero-order chi connectivity index (χ0) is 21.9. The van der Waals surface area contributed by atoms with Crippen LogP contribution < -0.4 is 15.5 Å². The van der Waals surface area contributed by atoms with Gasteiger partial charge in [-0.3, -0.25) is 10.1 Å². The quantitative estimate of drug-likeness (QED) is 0.441. The second-order valence-electron chi connectivity index (χ2n) is 8.21. The third-order valence-corrected chi connectivity index (χ3v) is 5.98. The maximum atomic E-state index is 6.16. The van der Waals surface area contributed by atoms with Crippen molar-refractivity contribution in [2.45, 2.75) is 32.1 Å². The van der Waals surface area contributed by atoms with E-state index >= 15 is 0 Å². The van der Waals surface area contributed by atoms with Crippen LogP contribution in [0.1, 0.15) is 43.4 Å². The number of halogens is 1. The Balaban J connectivity index is 1.30. The number of pyridine rings is 2. The molecule has 4 heterocycles. The Morgan fingerprint density at radius 2 is 1.88 bits per heavy atom. The Labute approximate surface area is 192 Å². The number of aromatic nitrogens is 4. The van der Waals surface area contributed by atoms with Gasteiger partial charge in [0.05, 0.1) is 34.5 Å². The fraction of sp³-hybridized carbons (Fsp3) is 0.292. The molecule has 0 unspecified atom stereocenters. The number of allylic oxidation sites excluding steroid dienone is 1. The minimum Gasteiger partial charge on any atom is -0.357 e. The van der Waals surface area contributed by atoms with E-state index in [1.165, 1.54) is 24.8 Å². The van der Waals surface area contributed by atoms with Crippen molar-refractivity contribution < 1.29 is 0 Å². The van der Waals surface area contributed by atoms with Gasteiger partial charge in [0.25, 0.3) is 0 Å². The first-order chi connectivity index (χ1) is 15.7. The summed E-state index contributed by atoms with van der Waals surface area (Å²) in [6.45, 7) is 6.37. The summed E-state index contributed by atoms with van der Waals surface area (Å²) in [5, 5.41) is 14.8. The summed E-state index contributed by atoms with van der Waals surface area (Å²) in [7, 11) is 0. The van der Waals surface area contributed by atoms with Crippen molar-refractivity contribution in [3.05, 3.63) is 71.4 Å². The van der Waals surface area contributed by atoms with Crippen molar-refractivity contribution in [2.75, 3.05) is 28.6 Å². The van der Waals surface area contributed by atoms with Crippen LogP contribution in [-0.4, -0.2) is 33.3 Å². The Kier molecular flexibility index (Phi) is 5.81. The first kappa shape index (κ1) is 20.6. The van der Waals surface area contributed by atoms with Gasteiger partial charge in [-0.15, -0.1) is 0 Å². The molecule has 3 aromatic heterocycles. The van der Waals surface area contributed by atoms with E-state index in [1.807, 2.05) is 24.5 Å². The van der Waals surface area contributed by atoms with Crippen molar-refractivity contribution in [1.82, 2.24) is 20.2 Å². The van der Waals surface area contributed by atoms with Crippen LogP contribution in [0.3, 0.4) is 0 Å². The Bertz CT molecular complexity index is 1140. The van der Waals surface area contributed by atoms with E-state index in [2.05, 4.69) is 48.3 Å². The molecule has 0 amide bonds. The van der Waals surface area contributed by atoms with Crippen molar-refractivity contribution >= 4 is 40.2 Å². The lowest BCUT2D eigenvalue weighted by Gasteiger charge is -2.27. The average molecular weight is 448 g/mol. The highest BCUT2D eigenvalue weighted by Gasteiger charge is 2.21. The number of nitrogens with zero attached hydrogens (tertiary/aromatic N) is 4. The molecule has 2 aliphatic rings. The summed E-state index contributed by atoms with van der Waals surface area (Å²) in [6.07, 6.45) is 13.0. The van der Waals surface area contributed by atoms with Crippen LogP contribution in [0.25, 0.3) is 11.4 Å². The topological polar surface area (TPSA) is 81.8 Å². The predicted octanol–water partition coefficient (Wildman–Crippen LogP) is 5.54. The summed E-state index contributed by atoms with van der Waals surface area (Å²) >= 11 is 6.16. The molecule has 1 aliphatic heterocycles. The fourth-order valence-electron chi connectivity index (χ4n) is 3.98. The van der Waals surface area contributed by atoms with Crippen LogP contribution >= 0.6 is 11.6 Å². The molecule has 7 nitrogen and oxygen atoms in total. The lowest BCUT2D eigenvalue weighted by Crippen LogP contribution is -2.30. The van der Waals surface area contributed by atoms with Crippen LogP contribution in [0.4, 0.5) is 17.2 Å². The molecule has 8 heteroatoms. The summed E-state index contributed by atoms with van der Waals surface area (Å²) < 4.78 is 0. The number of nitrogens with one attached hydrogen (secondary N) is 3. The third kappa shape index (κ3) is 4.62. The predicted molar refractivity (Wildman–Crippen MR) is 131 cm³/mol. The molecule has 2 fully saturated rings. The smallest absolute Gasteiger partial charge is 0.128 e. The number of anilines is 3. The SMILES string of the molecule is C=C(Nc1ccc(N2CCCCC2)nc1)c1[nH]ncc1NC(=C1CC1)c1cncc(Cl)c1. The van der Waals surface area contributed by atoms with Gasteiger partial charge in [-0.2, -0.15) is 5.10 Å². The van der Waals surface area contributed by atoms with Gasteiger partial charge < -0.3 is 15.5 Å². The van der Waals surface area contributed by atoms with Gasteiger partial charge >= 0.3 is 0 Å². The van der Waals surface area contributed by atoms with Crippen LogP contribution in [0.2, 0.25) is 5.02 Å². The second kappa shape index (κ2) is 9.04. The number of piperidine rings is 1. The minimum absolute atomic E-state index is 0.613. The standard InChI is InChI=1S/C24H26ClN7/c1-16(29-20-7-8-22(27-14-20)32-9-3-2-4-10-32)23-21(15-28-31-23)30-24(17-5-6-17)18-11-19(25)13-26-12-18/h7-8,11-15,29-30H,1-6,9-10H2,(H,28,31). The summed E-state index contributed by atoms with van der Waals surface area (Å²) in [5.74, 6) is 1.03. The van der Waals surface area contributed by atoms with Crippen molar-refractivity contribution in [1.29, 1.82) is 0 Å². The lowest BCUT2D eigenvalue weighted by atomic mass is 10.1. The molecular formula is C24H26ClN7. The lowest BCUT2D eigenvalue weighted by molar-refractivity contribution is 0.573. The van der Waals surface area contributed by atoms with Crippen molar-refractivity contribution in [3.63, 3.8) is 0 Å². The highest BCUT2D eigenvalue weighted by atomic mass is 35.5. The summed E-state index contributed by atoms with van der Waals surface area (Å²) in [4.78, 5) is 11.2. The van der Waals surface area contributed by atoms with E-state index in [9.17, 15) is 0 Å². The molecule has 0 spiro atoms. The zero-order valence-corrected chi connectivity index (χ0v) is 18.6. The molecule has 1 saturated heterocycles. The number of hydrogen-bond acceptors (Lipinski definition) is 6. The normalized spacial score (nSPS) is 15.4. The molecule has 164 valence electrons. The van der Waals surface area contributed by atoms with Gasteiger partial charge in [-0.25, -0.2) is 4.98 Å². The molecule has 0 radical (unpaired) electrons. The minimum atomic E-state index is 0.613. The van der Waals surface area contributed by atoms with E-state index in [1.54, 1.807) is 12.4 Å². The highest BCUT2D eigenvalue weighted by Crippen LogP contribution is 2.38. The fourth-order valence-corrected chi connectivity index (χ4v) is 4.15. The maximum absolute atomic E-state index is 6.16. The molecule has 0 bridgehead atoms. The summed E-state index contributed by atoms with van der Waals surface area (Å²) in [5.41, 5.74) is 6.57. The first-order valence-corrected chi connectivity index (χ1v) is 11.4. The van der Waals surface area contributed by atoms with Gasteiger partial charge in [0.1, 0.15) is 11.5 Å². The highest BCUT2D eigenvalue weighted by molar-refractivity contribution is 6.30. The van der Waals surface area contributed by atoms with E-state index in [-0.39, 0.29) is 0 Å². The van der Waals surface area contributed by atoms with Gasteiger partial charge in [0.2, 0.25) is 0 Å². The molecule has 0 atom stereocenters. The molecule has 1 saturated carbocycles. The average Bonchev–Trinajstić information content (AvgIpc) is 3.55. The van der Waals surface area contributed by atoms with E-state index in [0.717, 1.165) is 60.1 Å². The molecule has 32 heavy (non-hydrogen) atoms. The number of H-pyrrole nitrogens is 1. The van der Waals surface area contributed by atoms with Crippen LogP contribution in [0.15, 0.2) is 55.1 Å². The third-order valence-electron chi connectivity index (χ3n) is 5.77. The largest absolute Gasteiger partial charge is 0.357 e.